The largest absolute Gasteiger partial charge is 0.322 e. The Bertz CT molecular complexity index is 687. The third-order valence-electron chi connectivity index (χ3n) is 4.44. The van der Waals surface area contributed by atoms with E-state index < -0.39 is 15.7 Å². The van der Waals surface area contributed by atoms with Gasteiger partial charge in [-0.2, -0.15) is 0 Å². The molecule has 0 saturated carbocycles. The molecule has 2 aliphatic heterocycles. The molecule has 0 spiro atoms. The quantitative estimate of drug-likeness (QED) is 0.876. The lowest BCUT2D eigenvalue weighted by molar-refractivity contribution is 0.121. The summed E-state index contributed by atoms with van der Waals surface area (Å²) in [6.07, 6.45) is 0.670. The van der Waals surface area contributed by atoms with Crippen LogP contribution in [-0.2, 0) is 9.84 Å². The van der Waals surface area contributed by atoms with Crippen molar-refractivity contribution < 1.29 is 17.6 Å². The Morgan fingerprint density at radius 1 is 1.17 bits per heavy atom. The van der Waals surface area contributed by atoms with Gasteiger partial charge in [0.25, 0.3) is 0 Å². The molecule has 23 heavy (non-hydrogen) atoms. The fourth-order valence-corrected chi connectivity index (χ4v) is 4.87. The first-order chi connectivity index (χ1) is 10.9. The molecule has 2 amide bonds. The Hall–Kier alpha value is -1.67. The molecule has 2 saturated heterocycles. The maximum absolute atomic E-state index is 13.6. The van der Waals surface area contributed by atoms with Gasteiger partial charge in [-0.15, -0.1) is 0 Å². The second kappa shape index (κ2) is 6.45. The summed E-state index contributed by atoms with van der Waals surface area (Å²) in [5.41, 5.74) is 0.168. The Labute approximate surface area is 135 Å². The molecular weight excluding hydrogens is 321 g/mol. The standard InChI is InChI=1S/C15H20FN3O3S/c16-13-3-1-2-4-14(13)17-15(20)19-8-6-18(7-9-19)12-5-10-23(21,22)11-12/h1-4,12H,5-11H2,(H,17,20). The minimum atomic E-state index is -2.90. The number of hydrogen-bond donors (Lipinski definition) is 1. The van der Waals surface area contributed by atoms with Crippen LogP contribution in [0.15, 0.2) is 24.3 Å². The van der Waals surface area contributed by atoms with Crippen molar-refractivity contribution in [2.24, 2.45) is 0 Å². The fourth-order valence-electron chi connectivity index (χ4n) is 3.11. The molecule has 0 bridgehead atoms. The van der Waals surface area contributed by atoms with Gasteiger partial charge in [-0.05, 0) is 18.6 Å². The van der Waals surface area contributed by atoms with Crippen molar-refractivity contribution in [1.82, 2.24) is 9.80 Å². The number of rotatable bonds is 2. The van der Waals surface area contributed by atoms with Crippen molar-refractivity contribution in [1.29, 1.82) is 0 Å². The zero-order chi connectivity index (χ0) is 16.4. The molecule has 0 aromatic heterocycles. The summed E-state index contributed by atoms with van der Waals surface area (Å²) in [6.45, 7) is 2.31. The zero-order valence-electron chi connectivity index (χ0n) is 12.7. The molecule has 0 radical (unpaired) electrons. The average molecular weight is 341 g/mol. The lowest BCUT2D eigenvalue weighted by atomic mass is 10.2. The SMILES string of the molecule is O=C(Nc1ccccc1F)N1CCN(C2CCS(=O)(=O)C2)CC1. The Morgan fingerprint density at radius 3 is 2.48 bits per heavy atom. The lowest BCUT2D eigenvalue weighted by Gasteiger charge is -2.37. The van der Waals surface area contributed by atoms with E-state index in [9.17, 15) is 17.6 Å². The van der Waals surface area contributed by atoms with E-state index in [0.717, 1.165) is 0 Å². The number of nitrogens with zero attached hydrogens (tertiary/aromatic N) is 2. The zero-order valence-corrected chi connectivity index (χ0v) is 13.6. The van der Waals surface area contributed by atoms with E-state index >= 15 is 0 Å². The normalized spacial score (nSPS) is 24.6. The number of nitrogens with one attached hydrogen (secondary N) is 1. The highest BCUT2D eigenvalue weighted by Gasteiger charge is 2.34. The molecule has 6 nitrogen and oxygen atoms in total. The lowest BCUT2D eigenvalue weighted by Crippen LogP contribution is -2.53. The third kappa shape index (κ3) is 3.81. The predicted molar refractivity (Wildman–Crippen MR) is 85.6 cm³/mol. The van der Waals surface area contributed by atoms with Gasteiger partial charge in [0.2, 0.25) is 0 Å². The minimum Gasteiger partial charge on any atom is -0.322 e. The maximum Gasteiger partial charge on any atom is 0.322 e. The van der Waals surface area contributed by atoms with Crippen LogP contribution in [0, 0.1) is 5.82 Å². The Kier molecular flexibility index (Phi) is 4.54. The van der Waals surface area contributed by atoms with Crippen LogP contribution in [0.3, 0.4) is 0 Å². The number of sulfone groups is 1. The van der Waals surface area contributed by atoms with Gasteiger partial charge in [0.15, 0.2) is 9.84 Å². The number of carbonyl (C=O) groups excluding carboxylic acids is 1. The van der Waals surface area contributed by atoms with Crippen LogP contribution >= 0.6 is 0 Å². The van der Waals surface area contributed by atoms with Crippen molar-refractivity contribution in [2.45, 2.75) is 12.5 Å². The molecular formula is C15H20FN3O3S. The monoisotopic (exact) mass is 341 g/mol. The number of hydrogen-bond acceptors (Lipinski definition) is 4. The van der Waals surface area contributed by atoms with Crippen LogP contribution in [0.4, 0.5) is 14.9 Å². The van der Waals surface area contributed by atoms with Crippen LogP contribution in [-0.4, -0.2) is 68.0 Å². The van der Waals surface area contributed by atoms with E-state index in [0.29, 0.717) is 32.6 Å². The molecule has 126 valence electrons. The summed E-state index contributed by atoms with van der Waals surface area (Å²) in [4.78, 5) is 16.0. The molecule has 1 N–H and O–H groups in total. The summed E-state index contributed by atoms with van der Waals surface area (Å²) in [6, 6.07) is 5.79. The van der Waals surface area contributed by atoms with Gasteiger partial charge in [-0.25, -0.2) is 17.6 Å². The minimum absolute atomic E-state index is 0.0665. The summed E-state index contributed by atoms with van der Waals surface area (Å²) in [5, 5.41) is 2.57. The number of anilines is 1. The first-order valence-corrected chi connectivity index (χ1v) is 9.52. The molecule has 1 aromatic rings. The molecule has 0 aliphatic carbocycles. The van der Waals surface area contributed by atoms with Crippen molar-refractivity contribution in [2.75, 3.05) is 43.0 Å². The van der Waals surface area contributed by atoms with Crippen LogP contribution in [0.25, 0.3) is 0 Å². The summed E-state index contributed by atoms with van der Waals surface area (Å²) >= 11 is 0. The van der Waals surface area contributed by atoms with Crippen molar-refractivity contribution >= 4 is 21.6 Å². The van der Waals surface area contributed by atoms with Gasteiger partial charge >= 0.3 is 6.03 Å². The molecule has 2 heterocycles. The first kappa shape index (κ1) is 16.2. The summed E-state index contributed by atoms with van der Waals surface area (Å²) in [5.74, 6) is 0.00993. The molecule has 3 rings (SSSR count). The van der Waals surface area contributed by atoms with Gasteiger partial charge < -0.3 is 10.2 Å². The second-order valence-electron chi connectivity index (χ2n) is 5.99. The number of piperazine rings is 1. The van der Waals surface area contributed by atoms with Crippen molar-refractivity contribution in [3.05, 3.63) is 30.1 Å². The van der Waals surface area contributed by atoms with Gasteiger partial charge in [-0.3, -0.25) is 4.90 Å². The van der Waals surface area contributed by atoms with Crippen LogP contribution < -0.4 is 5.32 Å². The highest BCUT2D eigenvalue weighted by Crippen LogP contribution is 2.20. The Balaban J connectivity index is 1.53. The molecule has 2 aliphatic rings. The summed E-state index contributed by atoms with van der Waals surface area (Å²) < 4.78 is 36.7. The van der Waals surface area contributed by atoms with Crippen molar-refractivity contribution in [3.63, 3.8) is 0 Å². The van der Waals surface area contributed by atoms with E-state index in [2.05, 4.69) is 10.2 Å². The molecule has 8 heteroatoms. The van der Waals surface area contributed by atoms with Gasteiger partial charge in [-0.1, -0.05) is 12.1 Å². The second-order valence-corrected chi connectivity index (χ2v) is 8.22. The highest BCUT2D eigenvalue weighted by molar-refractivity contribution is 7.91. The van der Waals surface area contributed by atoms with E-state index in [1.807, 2.05) is 0 Å². The van der Waals surface area contributed by atoms with E-state index in [4.69, 9.17) is 0 Å². The van der Waals surface area contributed by atoms with E-state index in [-0.39, 0.29) is 29.3 Å². The number of urea groups is 1. The molecule has 1 aromatic carbocycles. The van der Waals surface area contributed by atoms with Crippen LogP contribution in [0.5, 0.6) is 0 Å². The van der Waals surface area contributed by atoms with Crippen molar-refractivity contribution in [3.8, 4) is 0 Å². The van der Waals surface area contributed by atoms with Gasteiger partial charge in [0.05, 0.1) is 17.2 Å². The highest BCUT2D eigenvalue weighted by atomic mass is 32.2. The van der Waals surface area contributed by atoms with E-state index in [1.54, 1.807) is 17.0 Å². The molecule has 1 unspecified atom stereocenters. The number of carbonyl (C=O) groups is 1. The predicted octanol–water partition coefficient (Wildman–Crippen LogP) is 1.16. The number of halogens is 1. The Morgan fingerprint density at radius 2 is 1.87 bits per heavy atom. The number of amides is 2. The van der Waals surface area contributed by atoms with E-state index in [1.165, 1.54) is 12.1 Å². The van der Waals surface area contributed by atoms with Crippen LogP contribution in [0.2, 0.25) is 0 Å². The number of benzene rings is 1. The van der Waals surface area contributed by atoms with Gasteiger partial charge in [0.1, 0.15) is 5.82 Å². The van der Waals surface area contributed by atoms with Crippen LogP contribution in [0.1, 0.15) is 6.42 Å². The number of para-hydroxylation sites is 1. The topological polar surface area (TPSA) is 69.7 Å². The smallest absolute Gasteiger partial charge is 0.322 e. The fraction of sp³-hybridized carbons (Fsp3) is 0.533. The average Bonchev–Trinajstić information content (AvgIpc) is 2.90. The van der Waals surface area contributed by atoms with Gasteiger partial charge in [0, 0.05) is 32.2 Å². The molecule has 2 fully saturated rings. The summed E-state index contributed by atoms with van der Waals surface area (Å²) in [7, 11) is -2.90. The molecule has 1 atom stereocenters. The first-order valence-electron chi connectivity index (χ1n) is 7.69. The maximum atomic E-state index is 13.6. The third-order valence-corrected chi connectivity index (χ3v) is 6.19.